The van der Waals surface area contributed by atoms with E-state index in [4.69, 9.17) is 0 Å². The quantitative estimate of drug-likeness (QED) is 0.517. The van der Waals surface area contributed by atoms with Crippen LogP contribution in [-0.4, -0.2) is 16.5 Å². The molecule has 0 aromatic carbocycles. The summed E-state index contributed by atoms with van der Waals surface area (Å²) in [6, 6.07) is 0. The SMILES string of the molecule is CC1=C(C)C(C)C(C)=[C]1[GeH3]. The molecule has 1 aliphatic rings. The third-order valence-electron chi connectivity index (χ3n) is 3.04. The first-order valence-electron chi connectivity index (χ1n) is 3.90. The molecule has 0 N–H and O–H groups in total. The van der Waals surface area contributed by atoms with Gasteiger partial charge in [-0.1, -0.05) is 0 Å². The maximum absolute atomic E-state index is 2.31. The first-order chi connectivity index (χ1) is 4.55. The molecule has 1 atom stereocenters. The van der Waals surface area contributed by atoms with Gasteiger partial charge in [-0.3, -0.25) is 0 Å². The molecule has 0 aliphatic heterocycles. The third kappa shape index (κ3) is 0.987. The molecule has 0 saturated heterocycles. The van der Waals surface area contributed by atoms with Crippen molar-refractivity contribution < 1.29 is 0 Å². The van der Waals surface area contributed by atoms with Crippen molar-refractivity contribution in [3.05, 3.63) is 21.1 Å². The summed E-state index contributed by atoms with van der Waals surface area (Å²) >= 11 is 0.868. The molecule has 1 unspecified atom stereocenters. The molecule has 0 radical (unpaired) electrons. The molecule has 0 bridgehead atoms. The normalized spacial score (nSPS) is 27.0. The fraction of sp³-hybridized carbons (Fsp3) is 0.556. The topological polar surface area (TPSA) is 0 Å². The van der Waals surface area contributed by atoms with Crippen LogP contribution in [-0.2, 0) is 0 Å². The second-order valence-corrected chi connectivity index (χ2v) is 5.44. The van der Waals surface area contributed by atoms with Gasteiger partial charge in [0.2, 0.25) is 0 Å². The summed E-state index contributed by atoms with van der Waals surface area (Å²) in [6.07, 6.45) is 0. The average Bonchev–Trinajstić information content (AvgIpc) is 2.07. The van der Waals surface area contributed by atoms with Crippen LogP contribution in [0.5, 0.6) is 0 Å². The van der Waals surface area contributed by atoms with Gasteiger partial charge < -0.3 is 0 Å². The Hall–Kier alpha value is 0.0229. The standard InChI is InChI=1S/C9H16Ge/c1-5-6(2)8(4)9(10)7(5)3/h5H,1-4,10H3. The average molecular weight is 197 g/mol. The van der Waals surface area contributed by atoms with Crippen molar-refractivity contribution in [3.63, 3.8) is 0 Å². The zero-order chi connectivity index (χ0) is 7.89. The Kier molecular flexibility index (Phi) is 2.09. The number of rotatable bonds is 0. The zero-order valence-electron chi connectivity index (χ0n) is 7.58. The van der Waals surface area contributed by atoms with Crippen LogP contribution in [0.15, 0.2) is 21.1 Å². The summed E-state index contributed by atoms with van der Waals surface area (Å²) in [5.41, 5.74) is 4.82. The van der Waals surface area contributed by atoms with Gasteiger partial charge in [0.05, 0.1) is 0 Å². The molecule has 1 heteroatoms. The van der Waals surface area contributed by atoms with E-state index in [-0.39, 0.29) is 0 Å². The van der Waals surface area contributed by atoms with Gasteiger partial charge in [0, 0.05) is 0 Å². The van der Waals surface area contributed by atoms with Crippen LogP contribution < -0.4 is 0 Å². The Bertz CT molecular complexity index is 197. The summed E-state index contributed by atoms with van der Waals surface area (Å²) < 4.78 is 1.69. The van der Waals surface area contributed by atoms with Crippen LogP contribution in [0.2, 0.25) is 0 Å². The van der Waals surface area contributed by atoms with E-state index in [0.717, 1.165) is 22.4 Å². The van der Waals surface area contributed by atoms with Gasteiger partial charge in [0.15, 0.2) is 0 Å². The molecule has 0 saturated carbocycles. The number of hydrogen-bond donors (Lipinski definition) is 0. The zero-order valence-corrected chi connectivity index (χ0v) is 11.8. The molecule has 0 fully saturated rings. The van der Waals surface area contributed by atoms with E-state index in [0.29, 0.717) is 0 Å². The minimum atomic E-state index is 0.741. The summed E-state index contributed by atoms with van der Waals surface area (Å²) in [4.78, 5) is 0. The second kappa shape index (κ2) is 2.57. The summed E-state index contributed by atoms with van der Waals surface area (Å²) in [5.74, 6) is 0.741. The van der Waals surface area contributed by atoms with Crippen LogP contribution >= 0.6 is 0 Å². The van der Waals surface area contributed by atoms with Crippen LogP contribution in [0, 0.1) is 5.92 Å². The monoisotopic (exact) mass is 198 g/mol. The molecule has 0 aromatic rings. The van der Waals surface area contributed by atoms with Gasteiger partial charge in [-0.25, -0.2) is 0 Å². The molecule has 56 valence electrons. The molecular weight excluding hydrogens is 181 g/mol. The van der Waals surface area contributed by atoms with Crippen molar-refractivity contribution in [1.82, 2.24) is 0 Å². The summed E-state index contributed by atoms with van der Waals surface area (Å²) in [7, 11) is 0. The number of allylic oxidation sites excluding steroid dienone is 4. The third-order valence-corrected chi connectivity index (χ3v) is 6.27. The molecule has 0 heterocycles. The summed E-state index contributed by atoms with van der Waals surface area (Å²) in [5, 5.41) is 0. The molecule has 0 amide bonds. The van der Waals surface area contributed by atoms with Gasteiger partial charge in [-0.05, 0) is 0 Å². The molecule has 1 rings (SSSR count). The Morgan fingerprint density at radius 3 is 1.70 bits per heavy atom. The van der Waals surface area contributed by atoms with Crippen molar-refractivity contribution in [2.24, 2.45) is 5.92 Å². The Morgan fingerprint density at radius 1 is 1.10 bits per heavy atom. The fourth-order valence-electron chi connectivity index (χ4n) is 1.57. The van der Waals surface area contributed by atoms with Gasteiger partial charge >= 0.3 is 71.3 Å². The molecule has 10 heavy (non-hydrogen) atoms. The Labute approximate surface area is 71.6 Å². The Balaban J connectivity index is 3.09. The van der Waals surface area contributed by atoms with Gasteiger partial charge in [0.25, 0.3) is 0 Å². The van der Waals surface area contributed by atoms with Gasteiger partial charge in [-0.2, -0.15) is 0 Å². The fourth-order valence-corrected chi connectivity index (χ4v) is 3.30. The van der Waals surface area contributed by atoms with Crippen molar-refractivity contribution in [3.8, 4) is 0 Å². The molecular formula is C9H16Ge. The van der Waals surface area contributed by atoms with Crippen LogP contribution in [0.3, 0.4) is 0 Å². The van der Waals surface area contributed by atoms with Crippen LogP contribution in [0.4, 0.5) is 0 Å². The van der Waals surface area contributed by atoms with Crippen LogP contribution in [0.1, 0.15) is 27.7 Å². The van der Waals surface area contributed by atoms with E-state index in [9.17, 15) is 0 Å². The summed E-state index contributed by atoms with van der Waals surface area (Å²) in [6.45, 7) is 9.13. The second-order valence-electron chi connectivity index (χ2n) is 3.34. The van der Waals surface area contributed by atoms with Gasteiger partial charge in [-0.15, -0.1) is 0 Å². The van der Waals surface area contributed by atoms with Crippen molar-refractivity contribution >= 4 is 16.5 Å². The van der Waals surface area contributed by atoms with Gasteiger partial charge in [0.1, 0.15) is 0 Å². The van der Waals surface area contributed by atoms with E-state index in [1.807, 2.05) is 0 Å². The molecule has 0 nitrogen and oxygen atoms in total. The van der Waals surface area contributed by atoms with Crippen molar-refractivity contribution in [2.75, 3.05) is 0 Å². The minimum absolute atomic E-state index is 0.741. The van der Waals surface area contributed by atoms with E-state index in [1.54, 1.807) is 21.1 Å². The van der Waals surface area contributed by atoms with E-state index < -0.39 is 0 Å². The number of hydrogen-bond acceptors (Lipinski definition) is 0. The van der Waals surface area contributed by atoms with Crippen molar-refractivity contribution in [2.45, 2.75) is 27.7 Å². The first-order valence-corrected chi connectivity index (χ1v) is 6.00. The first kappa shape index (κ1) is 8.12. The predicted octanol–water partition coefficient (Wildman–Crippen LogP) is 1.61. The molecule has 0 spiro atoms. The van der Waals surface area contributed by atoms with E-state index >= 15 is 0 Å². The molecule has 1 aliphatic carbocycles. The maximum atomic E-state index is 2.31. The van der Waals surface area contributed by atoms with Crippen molar-refractivity contribution in [1.29, 1.82) is 0 Å². The predicted molar refractivity (Wildman–Crippen MR) is 50.2 cm³/mol. The Morgan fingerprint density at radius 2 is 1.60 bits per heavy atom. The van der Waals surface area contributed by atoms with Crippen LogP contribution in [0.25, 0.3) is 0 Å². The van der Waals surface area contributed by atoms with E-state index in [1.165, 1.54) is 0 Å². The van der Waals surface area contributed by atoms with E-state index in [2.05, 4.69) is 27.7 Å². The molecule has 0 aromatic heterocycles.